The highest BCUT2D eigenvalue weighted by atomic mass is 79.9. The van der Waals surface area contributed by atoms with Crippen LogP contribution in [-0.2, 0) is 14.3 Å². The maximum absolute atomic E-state index is 11.6. The summed E-state index contributed by atoms with van der Waals surface area (Å²) in [5, 5.41) is 2.82. The summed E-state index contributed by atoms with van der Waals surface area (Å²) in [5.74, 6) is -0.437. The average molecular weight is 374 g/mol. The van der Waals surface area contributed by atoms with Crippen molar-refractivity contribution >= 4 is 39.6 Å². The van der Waals surface area contributed by atoms with Crippen molar-refractivity contribution in [3.05, 3.63) is 28.7 Å². The Kier molecular flexibility index (Phi) is 8.45. The maximum atomic E-state index is 11.6. The standard InChI is InChI=1S/C15H20BrNO3S/c1-3-12(4-2)17-14(18)9-20-15(19)10-21-13-7-5-11(16)6-8-13/h5-8,12H,3-4,9-10H2,1-2H3,(H,17,18). The van der Waals surface area contributed by atoms with E-state index >= 15 is 0 Å². The van der Waals surface area contributed by atoms with Crippen LogP contribution in [0.4, 0.5) is 0 Å². The molecular weight excluding hydrogens is 354 g/mol. The SMILES string of the molecule is CCC(CC)NC(=O)COC(=O)CSc1ccc(Br)cc1. The Morgan fingerprint density at radius 3 is 2.43 bits per heavy atom. The molecule has 0 heterocycles. The van der Waals surface area contributed by atoms with Gasteiger partial charge >= 0.3 is 5.97 Å². The number of rotatable bonds is 8. The van der Waals surface area contributed by atoms with Gasteiger partial charge in [0.25, 0.3) is 5.91 Å². The molecule has 0 spiro atoms. The number of esters is 1. The highest BCUT2D eigenvalue weighted by Gasteiger charge is 2.11. The molecule has 0 unspecified atom stereocenters. The Balaban J connectivity index is 2.24. The van der Waals surface area contributed by atoms with Gasteiger partial charge in [-0.1, -0.05) is 29.8 Å². The molecule has 0 atom stereocenters. The lowest BCUT2D eigenvalue weighted by Crippen LogP contribution is -2.37. The molecule has 0 saturated carbocycles. The highest BCUT2D eigenvalue weighted by molar-refractivity contribution is 9.10. The summed E-state index contributed by atoms with van der Waals surface area (Å²) < 4.78 is 5.95. The Morgan fingerprint density at radius 2 is 1.86 bits per heavy atom. The second-order valence-corrected chi connectivity index (χ2v) is 6.45. The molecule has 0 aliphatic rings. The van der Waals surface area contributed by atoms with Crippen molar-refractivity contribution in [3.8, 4) is 0 Å². The molecule has 0 aliphatic heterocycles. The number of benzene rings is 1. The van der Waals surface area contributed by atoms with Gasteiger partial charge in [-0.2, -0.15) is 0 Å². The molecule has 1 N–H and O–H groups in total. The fourth-order valence-corrected chi connectivity index (χ4v) is 2.58. The Hall–Kier alpha value is -1.01. The van der Waals surface area contributed by atoms with Gasteiger partial charge in [0.05, 0.1) is 5.75 Å². The third-order valence-electron chi connectivity index (χ3n) is 2.89. The monoisotopic (exact) mass is 373 g/mol. The summed E-state index contributed by atoms with van der Waals surface area (Å²) in [6, 6.07) is 7.81. The van der Waals surface area contributed by atoms with E-state index in [1.807, 2.05) is 38.1 Å². The molecule has 0 bridgehead atoms. The molecule has 0 radical (unpaired) electrons. The summed E-state index contributed by atoms with van der Waals surface area (Å²) in [7, 11) is 0. The minimum Gasteiger partial charge on any atom is -0.455 e. The molecule has 1 rings (SSSR count). The zero-order valence-electron chi connectivity index (χ0n) is 12.2. The van der Waals surface area contributed by atoms with Gasteiger partial charge in [-0.25, -0.2) is 0 Å². The summed E-state index contributed by atoms with van der Waals surface area (Å²) in [6.07, 6.45) is 1.74. The van der Waals surface area contributed by atoms with E-state index in [-0.39, 0.29) is 30.3 Å². The van der Waals surface area contributed by atoms with Gasteiger partial charge in [0.1, 0.15) is 0 Å². The number of ether oxygens (including phenoxy) is 1. The van der Waals surface area contributed by atoms with E-state index in [1.54, 1.807) is 0 Å². The zero-order chi connectivity index (χ0) is 15.7. The highest BCUT2D eigenvalue weighted by Crippen LogP contribution is 2.20. The van der Waals surface area contributed by atoms with Crippen LogP contribution < -0.4 is 5.32 Å². The van der Waals surface area contributed by atoms with Crippen molar-refractivity contribution < 1.29 is 14.3 Å². The predicted molar refractivity (Wildman–Crippen MR) is 88.3 cm³/mol. The van der Waals surface area contributed by atoms with Gasteiger partial charge in [-0.05, 0) is 37.1 Å². The van der Waals surface area contributed by atoms with Crippen LogP contribution in [0.25, 0.3) is 0 Å². The summed E-state index contributed by atoms with van der Waals surface area (Å²) >= 11 is 4.74. The quantitative estimate of drug-likeness (QED) is 0.560. The molecule has 0 fully saturated rings. The van der Waals surface area contributed by atoms with E-state index < -0.39 is 0 Å². The molecule has 1 amide bonds. The Bertz CT molecular complexity index is 460. The van der Waals surface area contributed by atoms with E-state index in [1.165, 1.54) is 11.8 Å². The van der Waals surface area contributed by atoms with Gasteiger partial charge in [0.15, 0.2) is 6.61 Å². The molecular formula is C15H20BrNO3S. The first-order valence-corrected chi connectivity index (χ1v) is 8.66. The smallest absolute Gasteiger partial charge is 0.316 e. The second-order valence-electron chi connectivity index (χ2n) is 4.48. The summed E-state index contributed by atoms with van der Waals surface area (Å²) in [5.41, 5.74) is 0. The molecule has 0 aromatic heterocycles. The third kappa shape index (κ3) is 7.52. The number of amides is 1. The van der Waals surface area contributed by atoms with Gasteiger partial charge < -0.3 is 10.1 Å². The van der Waals surface area contributed by atoms with Gasteiger partial charge in [0, 0.05) is 15.4 Å². The second kappa shape index (κ2) is 9.84. The van der Waals surface area contributed by atoms with Crippen molar-refractivity contribution in [3.63, 3.8) is 0 Å². The molecule has 1 aromatic rings. The first-order valence-electron chi connectivity index (χ1n) is 6.88. The average Bonchev–Trinajstić information content (AvgIpc) is 2.50. The van der Waals surface area contributed by atoms with Crippen LogP contribution in [0.2, 0.25) is 0 Å². The maximum Gasteiger partial charge on any atom is 0.316 e. The Morgan fingerprint density at radius 1 is 1.24 bits per heavy atom. The Labute approximate surface area is 138 Å². The first-order chi connectivity index (χ1) is 10.0. The molecule has 1 aromatic carbocycles. The van der Waals surface area contributed by atoms with Gasteiger partial charge in [-0.15, -0.1) is 11.8 Å². The van der Waals surface area contributed by atoms with E-state index in [9.17, 15) is 9.59 Å². The molecule has 6 heteroatoms. The van der Waals surface area contributed by atoms with Crippen LogP contribution in [0.1, 0.15) is 26.7 Å². The number of thioether (sulfide) groups is 1. The minimum atomic E-state index is -0.386. The van der Waals surface area contributed by atoms with Crippen LogP contribution in [-0.4, -0.2) is 30.3 Å². The van der Waals surface area contributed by atoms with Crippen molar-refractivity contribution in [2.75, 3.05) is 12.4 Å². The lowest BCUT2D eigenvalue weighted by Gasteiger charge is -2.14. The fraction of sp³-hybridized carbons (Fsp3) is 0.467. The van der Waals surface area contributed by atoms with E-state index in [0.717, 1.165) is 22.2 Å². The molecule has 0 saturated heterocycles. The number of nitrogens with one attached hydrogen (secondary N) is 1. The molecule has 4 nitrogen and oxygen atoms in total. The number of carbonyl (C=O) groups excluding carboxylic acids is 2. The van der Waals surface area contributed by atoms with Crippen LogP contribution in [0.3, 0.4) is 0 Å². The molecule has 0 aliphatic carbocycles. The van der Waals surface area contributed by atoms with Crippen molar-refractivity contribution in [2.45, 2.75) is 37.6 Å². The number of carbonyl (C=O) groups is 2. The van der Waals surface area contributed by atoms with E-state index in [0.29, 0.717) is 0 Å². The van der Waals surface area contributed by atoms with E-state index in [4.69, 9.17) is 4.74 Å². The minimum absolute atomic E-state index is 0.147. The molecule has 21 heavy (non-hydrogen) atoms. The van der Waals surface area contributed by atoms with Crippen LogP contribution >= 0.6 is 27.7 Å². The lowest BCUT2D eigenvalue weighted by atomic mass is 10.2. The van der Waals surface area contributed by atoms with Gasteiger partial charge in [0.2, 0.25) is 0 Å². The third-order valence-corrected chi connectivity index (χ3v) is 4.40. The van der Waals surface area contributed by atoms with Crippen molar-refractivity contribution in [1.82, 2.24) is 5.32 Å². The summed E-state index contributed by atoms with van der Waals surface area (Å²) in [4.78, 5) is 24.2. The van der Waals surface area contributed by atoms with Gasteiger partial charge in [-0.3, -0.25) is 9.59 Å². The first kappa shape index (κ1) is 18.0. The summed E-state index contributed by atoms with van der Waals surface area (Å²) in [6.45, 7) is 3.81. The number of hydrogen-bond donors (Lipinski definition) is 1. The number of halogens is 1. The largest absolute Gasteiger partial charge is 0.455 e. The number of hydrogen-bond acceptors (Lipinski definition) is 4. The fourth-order valence-electron chi connectivity index (χ4n) is 1.62. The van der Waals surface area contributed by atoms with Crippen molar-refractivity contribution in [2.24, 2.45) is 0 Å². The van der Waals surface area contributed by atoms with Crippen LogP contribution in [0, 0.1) is 0 Å². The van der Waals surface area contributed by atoms with Crippen molar-refractivity contribution in [1.29, 1.82) is 0 Å². The van der Waals surface area contributed by atoms with Crippen LogP contribution in [0.5, 0.6) is 0 Å². The normalized spacial score (nSPS) is 10.5. The lowest BCUT2D eigenvalue weighted by molar-refractivity contribution is -0.146. The van der Waals surface area contributed by atoms with Crippen LogP contribution in [0.15, 0.2) is 33.6 Å². The predicted octanol–water partition coefficient (Wildman–Crippen LogP) is 3.39. The zero-order valence-corrected chi connectivity index (χ0v) is 14.6. The molecule has 116 valence electrons. The topological polar surface area (TPSA) is 55.4 Å². The van der Waals surface area contributed by atoms with E-state index in [2.05, 4.69) is 21.2 Å².